The topological polar surface area (TPSA) is 34.9 Å². The molecule has 0 fully saturated rings. The molecule has 0 spiro atoms. The second-order valence-corrected chi connectivity index (χ2v) is 5.68. The maximum Gasteiger partial charge on any atom is 0.221 e. The van der Waals surface area contributed by atoms with Crippen LogP contribution in [-0.4, -0.2) is 15.3 Å². The first-order valence-electron chi connectivity index (χ1n) is 8.12. The van der Waals surface area contributed by atoms with Gasteiger partial charge in [0.1, 0.15) is 5.82 Å². The van der Waals surface area contributed by atoms with Gasteiger partial charge in [0.15, 0.2) is 5.82 Å². The number of ketones is 1. The van der Waals surface area contributed by atoms with E-state index in [1.807, 2.05) is 28.8 Å². The summed E-state index contributed by atoms with van der Waals surface area (Å²) in [7, 11) is 0. The molecule has 24 heavy (non-hydrogen) atoms. The summed E-state index contributed by atoms with van der Waals surface area (Å²) in [5.74, 6) is 0.00877. The second-order valence-electron chi connectivity index (χ2n) is 5.68. The lowest BCUT2D eigenvalue weighted by molar-refractivity contribution is 0.103. The van der Waals surface area contributed by atoms with Crippen LogP contribution in [0, 0.1) is 5.82 Å². The van der Waals surface area contributed by atoms with Crippen LogP contribution < -0.4 is 0 Å². The highest BCUT2D eigenvalue weighted by atomic mass is 19.1. The van der Waals surface area contributed by atoms with Crippen LogP contribution in [0.1, 0.15) is 35.9 Å². The number of rotatable bonds is 6. The molecule has 0 aliphatic heterocycles. The van der Waals surface area contributed by atoms with Crippen molar-refractivity contribution in [3.63, 3.8) is 0 Å². The van der Waals surface area contributed by atoms with Gasteiger partial charge < -0.3 is 4.57 Å². The Hall–Kier alpha value is -2.75. The molecule has 4 heteroatoms. The lowest BCUT2D eigenvalue weighted by Gasteiger charge is -2.06. The van der Waals surface area contributed by atoms with Crippen molar-refractivity contribution in [1.29, 1.82) is 0 Å². The van der Waals surface area contributed by atoms with Crippen molar-refractivity contribution in [2.24, 2.45) is 0 Å². The maximum atomic E-state index is 12.9. The minimum absolute atomic E-state index is 0.147. The molecule has 0 amide bonds. The third-order valence-electron chi connectivity index (χ3n) is 3.91. The molecule has 0 saturated heterocycles. The number of unbranched alkanes of at least 4 members (excludes halogenated alkanes) is 1. The van der Waals surface area contributed by atoms with Gasteiger partial charge in [-0.1, -0.05) is 43.7 Å². The summed E-state index contributed by atoms with van der Waals surface area (Å²) in [5.41, 5.74) is 2.58. The number of fused-ring (bicyclic) bond motifs is 1. The zero-order valence-corrected chi connectivity index (χ0v) is 13.6. The number of imidazole rings is 1. The highest BCUT2D eigenvalue weighted by molar-refractivity contribution is 6.06. The van der Waals surface area contributed by atoms with Crippen molar-refractivity contribution in [3.8, 4) is 0 Å². The average Bonchev–Trinajstić information content (AvgIpc) is 2.98. The first kappa shape index (κ1) is 16.1. The van der Waals surface area contributed by atoms with E-state index in [1.165, 1.54) is 18.2 Å². The molecule has 122 valence electrons. The predicted molar refractivity (Wildman–Crippen MR) is 94.4 cm³/mol. The molecule has 0 aliphatic carbocycles. The Morgan fingerprint density at radius 3 is 2.67 bits per heavy atom. The molecule has 3 aromatic rings. The summed E-state index contributed by atoms with van der Waals surface area (Å²) in [6.07, 6.45) is 5.22. The Kier molecular flexibility index (Phi) is 4.85. The lowest BCUT2D eigenvalue weighted by atomic mass is 10.2. The van der Waals surface area contributed by atoms with Crippen LogP contribution in [0.25, 0.3) is 17.1 Å². The van der Waals surface area contributed by atoms with Gasteiger partial charge in [-0.25, -0.2) is 9.37 Å². The Labute approximate surface area is 140 Å². The van der Waals surface area contributed by atoms with Crippen LogP contribution in [0.15, 0.2) is 54.6 Å². The van der Waals surface area contributed by atoms with Crippen LogP contribution >= 0.6 is 0 Å². The number of aryl methyl sites for hydroxylation is 1. The summed E-state index contributed by atoms with van der Waals surface area (Å²) in [6, 6.07) is 13.8. The zero-order valence-electron chi connectivity index (χ0n) is 13.6. The van der Waals surface area contributed by atoms with Gasteiger partial charge in [0.05, 0.1) is 11.0 Å². The van der Waals surface area contributed by atoms with Crippen molar-refractivity contribution in [1.82, 2.24) is 9.55 Å². The number of benzene rings is 2. The number of carbonyl (C=O) groups is 1. The molecule has 2 aromatic carbocycles. The highest BCUT2D eigenvalue weighted by Crippen LogP contribution is 2.18. The van der Waals surface area contributed by atoms with Crippen molar-refractivity contribution >= 4 is 22.9 Å². The van der Waals surface area contributed by atoms with Crippen LogP contribution in [0.3, 0.4) is 0 Å². The number of para-hydroxylation sites is 2. The number of hydrogen-bond acceptors (Lipinski definition) is 2. The second kappa shape index (κ2) is 7.21. The number of nitrogens with zero attached hydrogens (tertiary/aromatic N) is 2. The van der Waals surface area contributed by atoms with Gasteiger partial charge in [-0.2, -0.15) is 0 Å². The van der Waals surface area contributed by atoms with Gasteiger partial charge >= 0.3 is 0 Å². The van der Waals surface area contributed by atoms with E-state index in [0.717, 1.165) is 36.0 Å². The molecule has 3 nitrogen and oxygen atoms in total. The van der Waals surface area contributed by atoms with Gasteiger partial charge in [-0.05, 0) is 42.3 Å². The first-order chi connectivity index (χ1) is 11.7. The standard InChI is InChI=1S/C20H19FN2O/c1-2-3-14-23-18-7-5-4-6-17(18)22-20(23)19(24)13-10-15-8-11-16(21)12-9-15/h4-13H,2-3,14H2,1H3/b13-10+. The monoisotopic (exact) mass is 322 g/mol. The Balaban J connectivity index is 1.92. The number of aromatic nitrogens is 2. The predicted octanol–water partition coefficient (Wildman–Crippen LogP) is 4.87. The fourth-order valence-corrected chi connectivity index (χ4v) is 2.63. The van der Waals surface area contributed by atoms with E-state index in [2.05, 4.69) is 11.9 Å². The number of halogens is 1. The Bertz CT molecular complexity index is 878. The normalized spacial score (nSPS) is 11.4. The molecular formula is C20H19FN2O. The molecule has 1 heterocycles. The largest absolute Gasteiger partial charge is 0.321 e. The van der Waals surface area contributed by atoms with Crippen LogP contribution in [0.2, 0.25) is 0 Å². The van der Waals surface area contributed by atoms with Crippen molar-refractivity contribution in [2.75, 3.05) is 0 Å². The number of allylic oxidation sites excluding steroid dienone is 1. The summed E-state index contributed by atoms with van der Waals surface area (Å²) < 4.78 is 14.9. The highest BCUT2D eigenvalue weighted by Gasteiger charge is 2.14. The number of carbonyl (C=O) groups excluding carboxylic acids is 1. The lowest BCUT2D eigenvalue weighted by Crippen LogP contribution is -2.08. The van der Waals surface area contributed by atoms with E-state index in [-0.39, 0.29) is 11.6 Å². The van der Waals surface area contributed by atoms with Gasteiger partial charge in [0.2, 0.25) is 5.78 Å². The summed E-state index contributed by atoms with van der Waals surface area (Å²) in [6.45, 7) is 2.89. The Morgan fingerprint density at radius 2 is 1.92 bits per heavy atom. The molecule has 0 unspecified atom stereocenters. The van der Waals surface area contributed by atoms with E-state index < -0.39 is 0 Å². The summed E-state index contributed by atoms with van der Waals surface area (Å²) in [4.78, 5) is 17.1. The summed E-state index contributed by atoms with van der Waals surface area (Å²) in [5, 5.41) is 0. The molecule has 0 atom stereocenters. The van der Waals surface area contributed by atoms with E-state index in [4.69, 9.17) is 0 Å². The van der Waals surface area contributed by atoms with Crippen LogP contribution in [0.4, 0.5) is 4.39 Å². The molecule has 0 saturated carbocycles. The van der Waals surface area contributed by atoms with Crippen molar-refractivity contribution in [3.05, 3.63) is 71.8 Å². The zero-order chi connectivity index (χ0) is 16.9. The van der Waals surface area contributed by atoms with Gasteiger partial charge in [-0.3, -0.25) is 4.79 Å². The SMILES string of the molecule is CCCCn1c(C(=O)/C=C/c2ccc(F)cc2)nc2ccccc21. The third kappa shape index (κ3) is 3.43. The van der Waals surface area contributed by atoms with Gasteiger partial charge in [0, 0.05) is 6.54 Å². The molecule has 0 radical (unpaired) electrons. The average molecular weight is 322 g/mol. The molecule has 0 bridgehead atoms. The Morgan fingerprint density at radius 1 is 1.17 bits per heavy atom. The fourth-order valence-electron chi connectivity index (χ4n) is 2.63. The van der Waals surface area contributed by atoms with Gasteiger partial charge in [-0.15, -0.1) is 0 Å². The maximum absolute atomic E-state index is 12.9. The molecular weight excluding hydrogens is 303 g/mol. The molecule has 3 rings (SSSR count). The number of hydrogen-bond donors (Lipinski definition) is 0. The van der Waals surface area contributed by atoms with Crippen molar-refractivity contribution in [2.45, 2.75) is 26.3 Å². The van der Waals surface area contributed by atoms with E-state index in [1.54, 1.807) is 18.2 Å². The minimum atomic E-state index is -0.292. The van der Waals surface area contributed by atoms with E-state index in [0.29, 0.717) is 5.82 Å². The van der Waals surface area contributed by atoms with E-state index >= 15 is 0 Å². The molecule has 1 aromatic heterocycles. The summed E-state index contributed by atoms with van der Waals surface area (Å²) >= 11 is 0. The first-order valence-corrected chi connectivity index (χ1v) is 8.12. The van der Waals surface area contributed by atoms with Gasteiger partial charge in [0.25, 0.3) is 0 Å². The quantitative estimate of drug-likeness (QED) is 0.479. The fraction of sp³-hybridized carbons (Fsp3) is 0.200. The molecule has 0 N–H and O–H groups in total. The van der Waals surface area contributed by atoms with Crippen LogP contribution in [0.5, 0.6) is 0 Å². The minimum Gasteiger partial charge on any atom is -0.321 e. The van der Waals surface area contributed by atoms with E-state index in [9.17, 15) is 9.18 Å². The smallest absolute Gasteiger partial charge is 0.221 e. The van der Waals surface area contributed by atoms with Crippen LogP contribution in [-0.2, 0) is 6.54 Å². The third-order valence-corrected chi connectivity index (χ3v) is 3.91. The van der Waals surface area contributed by atoms with Crippen molar-refractivity contribution < 1.29 is 9.18 Å². The molecule has 0 aliphatic rings.